The van der Waals surface area contributed by atoms with Gasteiger partial charge in [0.2, 0.25) is 5.88 Å². The number of ether oxygens (including phenoxy) is 4. The molecular weight excluding hydrogens is 424 g/mol. The fourth-order valence-electron chi connectivity index (χ4n) is 3.56. The van der Waals surface area contributed by atoms with E-state index in [0.717, 1.165) is 22.4 Å². The van der Waals surface area contributed by atoms with Gasteiger partial charge in [0.25, 0.3) is 5.95 Å². The molecule has 2 aliphatic rings. The third kappa shape index (κ3) is 2.86. The van der Waals surface area contributed by atoms with Gasteiger partial charge in [-0.05, 0) is 45.3 Å². The van der Waals surface area contributed by atoms with Crippen molar-refractivity contribution in [1.82, 2.24) is 0 Å². The number of rotatable bonds is 3. The van der Waals surface area contributed by atoms with Crippen LogP contribution in [-0.4, -0.2) is 14.2 Å². The van der Waals surface area contributed by atoms with Crippen molar-refractivity contribution >= 4 is 15.9 Å². The highest BCUT2D eigenvalue weighted by Gasteiger charge is 2.37. The molecule has 28 heavy (non-hydrogen) atoms. The summed E-state index contributed by atoms with van der Waals surface area (Å²) in [5.41, 5.74) is 9.08. The molecule has 7 heteroatoms. The summed E-state index contributed by atoms with van der Waals surface area (Å²) in [5, 5.41) is 9.78. The second-order valence-corrected chi connectivity index (χ2v) is 7.22. The molecule has 0 saturated heterocycles. The Morgan fingerprint density at radius 3 is 2.68 bits per heavy atom. The number of methoxy groups -OCH3 is 2. The van der Waals surface area contributed by atoms with Crippen LogP contribution in [0, 0.1) is 11.3 Å². The largest absolute Gasteiger partial charge is 0.493 e. The molecule has 6 nitrogen and oxygen atoms in total. The first-order valence-electron chi connectivity index (χ1n) is 8.55. The van der Waals surface area contributed by atoms with E-state index >= 15 is 0 Å². The van der Waals surface area contributed by atoms with Gasteiger partial charge in [-0.3, -0.25) is 0 Å². The number of benzene rings is 2. The number of nitrogens with zero attached hydrogens (tertiary/aromatic N) is 1. The average Bonchev–Trinajstić information content (AvgIpc) is 2.70. The lowest BCUT2D eigenvalue weighted by Gasteiger charge is -2.32. The summed E-state index contributed by atoms with van der Waals surface area (Å²) in [6, 6.07) is 13.7. The molecule has 4 rings (SSSR count). The zero-order chi connectivity index (χ0) is 19.8. The normalized spacial score (nSPS) is 17.7. The summed E-state index contributed by atoms with van der Waals surface area (Å²) >= 11 is 3.52. The van der Waals surface area contributed by atoms with Gasteiger partial charge in [0.15, 0.2) is 11.5 Å². The number of nitrogens with two attached hydrogens (primary N) is 1. The van der Waals surface area contributed by atoms with E-state index in [9.17, 15) is 5.26 Å². The van der Waals surface area contributed by atoms with Gasteiger partial charge >= 0.3 is 0 Å². The van der Waals surface area contributed by atoms with Crippen LogP contribution in [0.5, 0.6) is 17.2 Å². The molecule has 2 aliphatic heterocycles. The lowest BCUT2D eigenvalue weighted by molar-refractivity contribution is 0.136. The number of halogens is 1. The Morgan fingerprint density at radius 1 is 1.18 bits per heavy atom. The van der Waals surface area contributed by atoms with Crippen molar-refractivity contribution in [3.8, 4) is 23.3 Å². The smallest absolute Gasteiger partial charge is 0.292 e. The third-order valence-corrected chi connectivity index (χ3v) is 5.42. The summed E-state index contributed by atoms with van der Waals surface area (Å²) in [4.78, 5) is 0. The zero-order valence-electron chi connectivity index (χ0n) is 15.3. The van der Waals surface area contributed by atoms with Crippen LogP contribution in [0.1, 0.15) is 17.0 Å². The van der Waals surface area contributed by atoms with Crippen LogP contribution in [0.25, 0.3) is 0 Å². The zero-order valence-corrected chi connectivity index (χ0v) is 16.9. The minimum atomic E-state index is -0.418. The van der Waals surface area contributed by atoms with Crippen molar-refractivity contribution in [3.63, 3.8) is 0 Å². The second kappa shape index (κ2) is 7.13. The van der Waals surface area contributed by atoms with Crippen LogP contribution >= 0.6 is 15.9 Å². The number of nitriles is 1. The molecule has 1 unspecified atom stereocenters. The lowest BCUT2D eigenvalue weighted by Crippen LogP contribution is -2.26. The maximum absolute atomic E-state index is 9.78. The van der Waals surface area contributed by atoms with Gasteiger partial charge in [-0.25, -0.2) is 0 Å². The molecule has 0 bridgehead atoms. The molecule has 0 radical (unpaired) electrons. The van der Waals surface area contributed by atoms with E-state index in [1.807, 2.05) is 36.4 Å². The highest BCUT2D eigenvalue weighted by molar-refractivity contribution is 9.10. The highest BCUT2D eigenvalue weighted by atomic mass is 79.9. The Morgan fingerprint density at radius 2 is 1.96 bits per heavy atom. The molecular formula is C21H17BrN2O4. The predicted molar refractivity (Wildman–Crippen MR) is 106 cm³/mol. The molecule has 0 saturated carbocycles. The topological polar surface area (TPSA) is 86.7 Å². The summed E-state index contributed by atoms with van der Waals surface area (Å²) in [7, 11) is 3.14. The van der Waals surface area contributed by atoms with E-state index < -0.39 is 5.92 Å². The number of hydrogen-bond acceptors (Lipinski definition) is 6. The summed E-state index contributed by atoms with van der Waals surface area (Å²) in [5.74, 6) is 1.80. The monoisotopic (exact) mass is 440 g/mol. The highest BCUT2D eigenvalue weighted by Crippen LogP contribution is 2.47. The van der Waals surface area contributed by atoms with E-state index in [1.165, 1.54) is 0 Å². The van der Waals surface area contributed by atoms with Crippen LogP contribution in [0.15, 0.2) is 63.8 Å². The van der Waals surface area contributed by atoms with Crippen molar-refractivity contribution in [2.75, 3.05) is 14.2 Å². The van der Waals surface area contributed by atoms with E-state index in [-0.39, 0.29) is 5.88 Å². The van der Waals surface area contributed by atoms with Gasteiger partial charge in [0.05, 0.1) is 24.6 Å². The fourth-order valence-corrected chi connectivity index (χ4v) is 4.18. The second-order valence-electron chi connectivity index (χ2n) is 6.36. The minimum Gasteiger partial charge on any atom is -0.493 e. The van der Waals surface area contributed by atoms with Gasteiger partial charge in [0, 0.05) is 12.0 Å². The summed E-state index contributed by atoms with van der Waals surface area (Å²) in [6.07, 6.45) is 0.584. The number of para-hydroxylation sites is 1. The van der Waals surface area contributed by atoms with Crippen LogP contribution < -0.4 is 19.9 Å². The predicted octanol–water partition coefficient (Wildman–Crippen LogP) is 4.12. The fraction of sp³-hybridized carbons (Fsp3) is 0.190. The number of allylic oxidation sites excluding steroid dienone is 2. The molecule has 0 fully saturated rings. The van der Waals surface area contributed by atoms with Crippen molar-refractivity contribution < 1.29 is 18.9 Å². The Labute approximate surface area is 170 Å². The third-order valence-electron chi connectivity index (χ3n) is 4.83. The first-order valence-corrected chi connectivity index (χ1v) is 9.34. The molecule has 2 N–H and O–H groups in total. The van der Waals surface area contributed by atoms with Crippen LogP contribution in [0.3, 0.4) is 0 Å². The minimum absolute atomic E-state index is 0.0385. The van der Waals surface area contributed by atoms with Gasteiger partial charge in [-0.15, -0.1) is 0 Å². The number of hydrogen-bond donors (Lipinski definition) is 1. The Hall–Kier alpha value is -3.11. The van der Waals surface area contributed by atoms with Crippen LogP contribution in [-0.2, 0) is 11.2 Å². The SMILES string of the molecule is COc1cc(C2C(C#N)=C(N)OC3=C2Cc2ccccc2O3)cc(Br)c1OC. The lowest BCUT2D eigenvalue weighted by atomic mass is 9.80. The summed E-state index contributed by atoms with van der Waals surface area (Å²) in [6.45, 7) is 0. The number of fused-ring (bicyclic) bond motifs is 1. The van der Waals surface area contributed by atoms with E-state index in [4.69, 9.17) is 24.7 Å². The molecule has 2 heterocycles. The maximum atomic E-state index is 9.78. The van der Waals surface area contributed by atoms with Gasteiger partial charge in [0.1, 0.15) is 17.4 Å². The molecule has 2 aromatic carbocycles. The Kier molecular flexibility index (Phi) is 4.65. The first-order chi connectivity index (χ1) is 13.6. The van der Waals surface area contributed by atoms with Crippen molar-refractivity contribution in [2.24, 2.45) is 5.73 Å². The van der Waals surface area contributed by atoms with E-state index in [1.54, 1.807) is 14.2 Å². The van der Waals surface area contributed by atoms with Crippen LogP contribution in [0.2, 0.25) is 0 Å². The maximum Gasteiger partial charge on any atom is 0.292 e. The molecule has 1 atom stereocenters. The first kappa shape index (κ1) is 18.3. The van der Waals surface area contributed by atoms with E-state index in [0.29, 0.717) is 33.9 Å². The molecule has 0 aromatic heterocycles. The van der Waals surface area contributed by atoms with Crippen molar-refractivity contribution in [2.45, 2.75) is 12.3 Å². The quantitative estimate of drug-likeness (QED) is 0.771. The molecule has 142 valence electrons. The molecule has 2 aromatic rings. The summed E-state index contributed by atoms with van der Waals surface area (Å²) < 4.78 is 23.2. The average molecular weight is 441 g/mol. The van der Waals surface area contributed by atoms with E-state index in [2.05, 4.69) is 22.0 Å². The van der Waals surface area contributed by atoms with Gasteiger partial charge < -0.3 is 24.7 Å². The molecule has 0 amide bonds. The Balaban J connectivity index is 1.88. The molecule has 0 spiro atoms. The van der Waals surface area contributed by atoms with Crippen molar-refractivity contribution in [3.05, 3.63) is 75.0 Å². The standard InChI is InChI=1S/C21H17BrN2O4/c1-25-17-9-12(8-15(22)19(17)26-2)18-13-7-11-5-3-4-6-16(11)27-21(13)28-20(24)14(18)10-23/h3-6,8-9,18H,7,24H2,1-2H3. The van der Waals surface area contributed by atoms with Gasteiger partial charge in [-0.1, -0.05) is 18.2 Å². The van der Waals surface area contributed by atoms with Crippen molar-refractivity contribution in [1.29, 1.82) is 5.26 Å². The van der Waals surface area contributed by atoms with Crippen LogP contribution in [0.4, 0.5) is 0 Å². The van der Waals surface area contributed by atoms with Gasteiger partial charge in [-0.2, -0.15) is 5.26 Å². The Bertz CT molecular complexity index is 1070. The molecule has 0 aliphatic carbocycles.